The molecule has 2 aliphatic rings. The molecule has 1 aliphatic heterocycles. The van der Waals surface area contributed by atoms with Gasteiger partial charge in [0, 0.05) is 31.3 Å². The number of hydrogen-bond acceptors (Lipinski definition) is 3. The molecule has 3 rings (SSSR count). The first-order chi connectivity index (χ1) is 13.5. The predicted molar refractivity (Wildman–Crippen MR) is 115 cm³/mol. The van der Waals surface area contributed by atoms with Gasteiger partial charge in [-0.2, -0.15) is 0 Å². The third-order valence-electron chi connectivity index (χ3n) is 6.59. The normalized spacial score (nSPS) is 25.2. The molecule has 29 heavy (non-hydrogen) atoms. The molecule has 0 aromatic heterocycles. The SMILES string of the molecule is Cc1cc(C)c(C2C(=O)CC(CC3CCN(C(=O)C(C)(C)CCl)C3)C2=O)c(C)c1. The molecule has 1 amide bonds. The minimum absolute atomic E-state index is 0.0456. The molecule has 0 radical (unpaired) electrons. The van der Waals surface area contributed by atoms with Crippen LogP contribution in [0.5, 0.6) is 0 Å². The summed E-state index contributed by atoms with van der Waals surface area (Å²) in [6.45, 7) is 11.1. The topological polar surface area (TPSA) is 54.5 Å². The van der Waals surface area contributed by atoms with E-state index in [4.69, 9.17) is 11.6 Å². The minimum Gasteiger partial charge on any atom is -0.342 e. The number of hydrogen-bond donors (Lipinski definition) is 0. The summed E-state index contributed by atoms with van der Waals surface area (Å²) in [6, 6.07) is 4.10. The van der Waals surface area contributed by atoms with Crippen molar-refractivity contribution in [3.05, 3.63) is 34.4 Å². The Hall–Kier alpha value is -1.68. The fourth-order valence-corrected chi connectivity index (χ4v) is 5.22. The Morgan fingerprint density at radius 2 is 1.79 bits per heavy atom. The second-order valence-corrected chi connectivity index (χ2v) is 9.94. The quantitative estimate of drug-likeness (QED) is 0.528. The summed E-state index contributed by atoms with van der Waals surface area (Å²) in [5.41, 5.74) is 3.53. The van der Waals surface area contributed by atoms with Crippen molar-refractivity contribution in [2.75, 3.05) is 19.0 Å². The van der Waals surface area contributed by atoms with Gasteiger partial charge in [0.15, 0.2) is 5.78 Å². The monoisotopic (exact) mass is 417 g/mol. The van der Waals surface area contributed by atoms with E-state index in [1.54, 1.807) is 0 Å². The minimum atomic E-state index is -0.616. The number of benzene rings is 1. The zero-order valence-corrected chi connectivity index (χ0v) is 18.9. The van der Waals surface area contributed by atoms with Crippen molar-refractivity contribution >= 4 is 29.1 Å². The second-order valence-electron chi connectivity index (χ2n) is 9.67. The first kappa shape index (κ1) is 22.0. The molecule has 158 valence electrons. The van der Waals surface area contributed by atoms with Gasteiger partial charge in [-0.1, -0.05) is 17.7 Å². The lowest BCUT2D eigenvalue weighted by Crippen LogP contribution is -2.40. The van der Waals surface area contributed by atoms with Crippen LogP contribution in [0.3, 0.4) is 0 Å². The van der Waals surface area contributed by atoms with Gasteiger partial charge in [-0.15, -0.1) is 11.6 Å². The number of rotatable bonds is 5. The molecule has 1 aliphatic carbocycles. The van der Waals surface area contributed by atoms with Crippen LogP contribution in [0, 0.1) is 38.0 Å². The number of Topliss-reactive ketones (excluding diaryl/α,β-unsaturated/α-hetero) is 2. The summed E-state index contributed by atoms with van der Waals surface area (Å²) in [5, 5.41) is 0. The zero-order valence-electron chi connectivity index (χ0n) is 18.2. The molecule has 1 aromatic carbocycles. The maximum atomic E-state index is 13.2. The summed E-state index contributed by atoms with van der Waals surface area (Å²) in [6.07, 6.45) is 1.90. The van der Waals surface area contributed by atoms with Gasteiger partial charge in [0.2, 0.25) is 5.91 Å². The van der Waals surface area contributed by atoms with Gasteiger partial charge >= 0.3 is 0 Å². The fourth-order valence-electron chi connectivity index (χ4n) is 5.10. The summed E-state index contributed by atoms with van der Waals surface area (Å²) in [5.74, 6) is -0.0957. The number of aryl methyl sites for hydroxylation is 3. The van der Waals surface area contributed by atoms with Crippen molar-refractivity contribution in [1.82, 2.24) is 4.90 Å². The van der Waals surface area contributed by atoms with E-state index in [9.17, 15) is 14.4 Å². The van der Waals surface area contributed by atoms with Crippen molar-refractivity contribution in [2.45, 2.75) is 59.8 Å². The Morgan fingerprint density at radius 3 is 2.38 bits per heavy atom. The molecule has 1 aromatic rings. The largest absolute Gasteiger partial charge is 0.342 e. The number of carbonyl (C=O) groups is 3. The highest BCUT2D eigenvalue weighted by Crippen LogP contribution is 2.40. The molecule has 0 spiro atoms. The van der Waals surface area contributed by atoms with Crippen molar-refractivity contribution in [3.63, 3.8) is 0 Å². The number of nitrogens with zero attached hydrogens (tertiary/aromatic N) is 1. The number of ketones is 2. The average molecular weight is 418 g/mol. The van der Waals surface area contributed by atoms with Crippen LogP contribution in [0.2, 0.25) is 0 Å². The van der Waals surface area contributed by atoms with Gasteiger partial charge in [0.1, 0.15) is 11.7 Å². The van der Waals surface area contributed by atoms with Gasteiger partial charge < -0.3 is 4.90 Å². The summed E-state index contributed by atoms with van der Waals surface area (Å²) in [7, 11) is 0. The average Bonchev–Trinajstić information content (AvgIpc) is 3.20. The molecule has 1 saturated carbocycles. The molecule has 5 heteroatoms. The van der Waals surface area contributed by atoms with E-state index in [0.29, 0.717) is 31.8 Å². The Balaban J connectivity index is 1.70. The predicted octanol–water partition coefficient (Wildman–Crippen LogP) is 4.36. The number of alkyl halides is 1. The maximum Gasteiger partial charge on any atom is 0.229 e. The first-order valence-electron chi connectivity index (χ1n) is 10.5. The fraction of sp³-hybridized carbons (Fsp3) is 0.625. The van der Waals surface area contributed by atoms with E-state index < -0.39 is 11.3 Å². The van der Waals surface area contributed by atoms with Gasteiger partial charge in [-0.3, -0.25) is 14.4 Å². The van der Waals surface area contributed by atoms with Crippen LogP contribution in [0.1, 0.15) is 61.3 Å². The molecular weight excluding hydrogens is 386 g/mol. The molecular formula is C24H32ClNO3. The third kappa shape index (κ3) is 4.28. The number of carbonyl (C=O) groups excluding carboxylic acids is 3. The number of likely N-dealkylation sites (tertiary alicyclic amines) is 1. The third-order valence-corrected chi connectivity index (χ3v) is 7.26. The van der Waals surface area contributed by atoms with Gasteiger partial charge in [0.25, 0.3) is 0 Å². The lowest BCUT2D eigenvalue weighted by atomic mass is 9.85. The molecule has 4 nitrogen and oxygen atoms in total. The van der Waals surface area contributed by atoms with Crippen molar-refractivity contribution in [1.29, 1.82) is 0 Å². The molecule has 0 bridgehead atoms. The zero-order chi connectivity index (χ0) is 21.5. The van der Waals surface area contributed by atoms with Gasteiger partial charge in [0.05, 0.1) is 5.41 Å². The highest BCUT2D eigenvalue weighted by atomic mass is 35.5. The summed E-state index contributed by atoms with van der Waals surface area (Å²) < 4.78 is 0. The van der Waals surface area contributed by atoms with Gasteiger partial charge in [-0.25, -0.2) is 0 Å². The lowest BCUT2D eigenvalue weighted by Gasteiger charge is -2.27. The second kappa shape index (κ2) is 8.22. The van der Waals surface area contributed by atoms with E-state index in [2.05, 4.69) is 12.1 Å². The highest BCUT2D eigenvalue weighted by Gasteiger charge is 2.45. The Labute approximate surface area is 179 Å². The van der Waals surface area contributed by atoms with E-state index >= 15 is 0 Å². The maximum absolute atomic E-state index is 13.2. The van der Waals surface area contributed by atoms with E-state index in [1.165, 1.54) is 0 Å². The van der Waals surface area contributed by atoms with Crippen LogP contribution < -0.4 is 0 Å². The standard InChI is InChI=1S/C24H32ClNO3/c1-14-8-15(2)20(16(3)9-14)21-19(27)11-18(22(21)28)10-17-6-7-26(12-17)23(29)24(4,5)13-25/h8-9,17-18,21H,6-7,10-13H2,1-5H3. The molecule has 1 saturated heterocycles. The van der Waals surface area contributed by atoms with Crippen molar-refractivity contribution in [2.24, 2.45) is 17.3 Å². The molecule has 3 unspecified atom stereocenters. The Kier molecular flexibility index (Phi) is 6.24. The van der Waals surface area contributed by atoms with Gasteiger partial charge in [-0.05, 0) is 70.1 Å². The molecule has 2 fully saturated rings. The molecule has 0 N–H and O–H groups in total. The highest BCUT2D eigenvalue weighted by molar-refractivity contribution is 6.19. The first-order valence-corrected chi connectivity index (χ1v) is 11.1. The number of halogens is 1. The van der Waals surface area contributed by atoms with Crippen molar-refractivity contribution < 1.29 is 14.4 Å². The Morgan fingerprint density at radius 1 is 1.17 bits per heavy atom. The van der Waals surface area contributed by atoms with Crippen LogP contribution in [0.4, 0.5) is 0 Å². The van der Waals surface area contributed by atoms with Crippen LogP contribution in [0.15, 0.2) is 12.1 Å². The van der Waals surface area contributed by atoms with Crippen LogP contribution >= 0.6 is 11.6 Å². The molecule has 1 heterocycles. The van der Waals surface area contributed by atoms with Crippen molar-refractivity contribution in [3.8, 4) is 0 Å². The van der Waals surface area contributed by atoms with Crippen LogP contribution in [-0.4, -0.2) is 41.3 Å². The van der Waals surface area contributed by atoms with Crippen LogP contribution in [0.25, 0.3) is 0 Å². The smallest absolute Gasteiger partial charge is 0.229 e. The number of amides is 1. The van der Waals surface area contributed by atoms with E-state index in [1.807, 2.05) is 39.5 Å². The molecule has 3 atom stereocenters. The van der Waals surface area contributed by atoms with E-state index in [-0.39, 0.29) is 29.3 Å². The lowest BCUT2D eigenvalue weighted by molar-refractivity contribution is -0.138. The Bertz CT molecular complexity index is 822. The van der Waals surface area contributed by atoms with Crippen LogP contribution in [-0.2, 0) is 14.4 Å². The summed E-state index contributed by atoms with van der Waals surface area (Å²) >= 11 is 5.96. The summed E-state index contributed by atoms with van der Waals surface area (Å²) in [4.78, 5) is 40.5. The van der Waals surface area contributed by atoms with E-state index in [0.717, 1.165) is 28.7 Å².